The monoisotopic (exact) mass is 416 g/mol. The van der Waals surface area contributed by atoms with E-state index in [2.05, 4.69) is 10.0 Å². The van der Waals surface area contributed by atoms with Gasteiger partial charge in [0.25, 0.3) is 0 Å². The van der Waals surface area contributed by atoms with E-state index in [-0.39, 0.29) is 29.9 Å². The standard InChI is InChI=1S/C21H24N2O5S/c1-14-4-9-19-16(13-28-20(19)10-14)11-21(24)22-17-5-7-18(8-6-17)29(25,26)23-15(2)12-27-3/h4-10,13,15,23H,11-12H2,1-3H3,(H,22,24). The number of methoxy groups -OCH3 is 1. The number of carbonyl (C=O) groups excluding carboxylic acids is 1. The minimum absolute atomic E-state index is 0.120. The number of amides is 1. The Balaban J connectivity index is 1.65. The molecule has 1 atom stereocenters. The molecule has 0 fully saturated rings. The van der Waals surface area contributed by atoms with E-state index in [4.69, 9.17) is 9.15 Å². The van der Waals surface area contributed by atoms with E-state index in [0.717, 1.165) is 22.1 Å². The molecule has 154 valence electrons. The lowest BCUT2D eigenvalue weighted by molar-refractivity contribution is -0.115. The van der Waals surface area contributed by atoms with Crippen molar-refractivity contribution in [3.05, 3.63) is 59.9 Å². The van der Waals surface area contributed by atoms with Gasteiger partial charge >= 0.3 is 0 Å². The van der Waals surface area contributed by atoms with E-state index in [1.807, 2.05) is 25.1 Å². The predicted octanol–water partition coefficient (Wildman–Crippen LogP) is 3.24. The maximum atomic E-state index is 12.4. The van der Waals surface area contributed by atoms with Gasteiger partial charge < -0.3 is 14.5 Å². The van der Waals surface area contributed by atoms with Gasteiger partial charge in [-0.15, -0.1) is 0 Å². The lowest BCUT2D eigenvalue weighted by Gasteiger charge is -2.13. The average Bonchev–Trinajstić information content (AvgIpc) is 3.03. The fourth-order valence-electron chi connectivity index (χ4n) is 3.04. The van der Waals surface area contributed by atoms with Crippen molar-refractivity contribution in [1.82, 2.24) is 4.72 Å². The Morgan fingerprint density at radius 1 is 1.17 bits per heavy atom. The highest BCUT2D eigenvalue weighted by atomic mass is 32.2. The van der Waals surface area contributed by atoms with Crippen LogP contribution in [0.5, 0.6) is 0 Å². The highest BCUT2D eigenvalue weighted by molar-refractivity contribution is 7.89. The van der Waals surface area contributed by atoms with Crippen LogP contribution in [0.2, 0.25) is 0 Å². The Bertz CT molecular complexity index is 1100. The molecule has 1 amide bonds. The first-order valence-electron chi connectivity index (χ1n) is 9.16. The molecule has 2 N–H and O–H groups in total. The van der Waals surface area contributed by atoms with Gasteiger partial charge in [-0.1, -0.05) is 12.1 Å². The molecule has 29 heavy (non-hydrogen) atoms. The SMILES string of the molecule is COCC(C)NS(=O)(=O)c1ccc(NC(=O)Cc2coc3cc(C)ccc23)cc1. The number of anilines is 1. The van der Waals surface area contributed by atoms with E-state index >= 15 is 0 Å². The van der Waals surface area contributed by atoms with Crippen LogP contribution >= 0.6 is 0 Å². The third-order valence-corrected chi connectivity index (χ3v) is 5.99. The molecule has 7 nitrogen and oxygen atoms in total. The molecule has 0 saturated carbocycles. The summed E-state index contributed by atoms with van der Waals surface area (Å²) in [4.78, 5) is 12.5. The Hall–Kier alpha value is -2.68. The van der Waals surface area contributed by atoms with Gasteiger partial charge in [-0.2, -0.15) is 0 Å². The van der Waals surface area contributed by atoms with Crippen LogP contribution in [-0.2, 0) is 26.0 Å². The van der Waals surface area contributed by atoms with Crippen LogP contribution < -0.4 is 10.0 Å². The third kappa shape index (κ3) is 5.23. The van der Waals surface area contributed by atoms with Gasteiger partial charge in [0.1, 0.15) is 5.58 Å². The zero-order chi connectivity index (χ0) is 21.0. The number of nitrogens with one attached hydrogen (secondary N) is 2. The van der Waals surface area contributed by atoms with Crippen molar-refractivity contribution in [2.24, 2.45) is 0 Å². The van der Waals surface area contributed by atoms with Gasteiger partial charge in [0.15, 0.2) is 0 Å². The number of hydrogen-bond donors (Lipinski definition) is 2. The van der Waals surface area contributed by atoms with Crippen LogP contribution in [0.15, 0.2) is 58.0 Å². The lowest BCUT2D eigenvalue weighted by atomic mass is 10.1. The number of rotatable bonds is 8. The molecule has 8 heteroatoms. The molecule has 3 aromatic rings. The summed E-state index contributed by atoms with van der Waals surface area (Å²) >= 11 is 0. The zero-order valence-corrected chi connectivity index (χ0v) is 17.4. The molecule has 0 saturated heterocycles. The quantitative estimate of drug-likeness (QED) is 0.588. The first kappa shape index (κ1) is 21.0. The van der Waals surface area contributed by atoms with Crippen molar-refractivity contribution in [3.8, 4) is 0 Å². The second-order valence-electron chi connectivity index (χ2n) is 6.99. The minimum Gasteiger partial charge on any atom is -0.464 e. The number of hydrogen-bond acceptors (Lipinski definition) is 5. The number of fused-ring (bicyclic) bond motifs is 1. The second kappa shape index (κ2) is 8.77. The van der Waals surface area contributed by atoms with Crippen LogP contribution in [0.25, 0.3) is 11.0 Å². The Labute approximate surface area is 170 Å². The van der Waals surface area contributed by atoms with Crippen LogP contribution in [0.4, 0.5) is 5.69 Å². The number of furan rings is 1. The van der Waals surface area contributed by atoms with Gasteiger partial charge in [0.2, 0.25) is 15.9 Å². The molecule has 0 aliphatic carbocycles. The van der Waals surface area contributed by atoms with E-state index in [1.165, 1.54) is 19.2 Å². The molecule has 0 bridgehead atoms. The fourth-order valence-corrected chi connectivity index (χ4v) is 4.27. The highest BCUT2D eigenvalue weighted by Gasteiger charge is 2.17. The fraction of sp³-hybridized carbons (Fsp3) is 0.286. The van der Waals surface area contributed by atoms with E-state index in [0.29, 0.717) is 5.69 Å². The maximum Gasteiger partial charge on any atom is 0.240 e. The third-order valence-electron chi connectivity index (χ3n) is 4.38. The van der Waals surface area contributed by atoms with Crippen molar-refractivity contribution in [2.75, 3.05) is 19.0 Å². The van der Waals surface area contributed by atoms with E-state index in [9.17, 15) is 13.2 Å². The van der Waals surface area contributed by atoms with Crippen molar-refractivity contribution in [1.29, 1.82) is 0 Å². The number of carbonyl (C=O) groups is 1. The molecule has 1 heterocycles. The Kier molecular flexibility index (Phi) is 6.36. The van der Waals surface area contributed by atoms with Crippen molar-refractivity contribution in [2.45, 2.75) is 31.2 Å². The number of aryl methyl sites for hydroxylation is 1. The molecular formula is C21H24N2O5S. The normalized spacial score (nSPS) is 12.8. The summed E-state index contributed by atoms with van der Waals surface area (Å²) in [7, 11) is -2.14. The van der Waals surface area contributed by atoms with Crippen LogP contribution in [-0.4, -0.2) is 34.1 Å². The molecule has 3 rings (SSSR count). The molecule has 1 unspecified atom stereocenters. The molecule has 1 aromatic heterocycles. The molecular weight excluding hydrogens is 392 g/mol. The summed E-state index contributed by atoms with van der Waals surface area (Å²) in [5.74, 6) is -0.212. The summed E-state index contributed by atoms with van der Waals surface area (Å²) in [6, 6.07) is 11.5. The summed E-state index contributed by atoms with van der Waals surface area (Å²) in [6.45, 7) is 3.97. The van der Waals surface area contributed by atoms with Gasteiger partial charge in [0.05, 0.1) is 24.2 Å². The lowest BCUT2D eigenvalue weighted by Crippen LogP contribution is -2.35. The zero-order valence-electron chi connectivity index (χ0n) is 16.6. The second-order valence-corrected chi connectivity index (χ2v) is 8.70. The van der Waals surface area contributed by atoms with Crippen LogP contribution in [0, 0.1) is 6.92 Å². The van der Waals surface area contributed by atoms with Gasteiger partial charge in [0, 0.05) is 29.8 Å². The first-order valence-corrected chi connectivity index (χ1v) is 10.6. The summed E-state index contributed by atoms with van der Waals surface area (Å²) in [5, 5.41) is 3.69. The minimum atomic E-state index is -3.65. The average molecular weight is 416 g/mol. The van der Waals surface area contributed by atoms with Gasteiger partial charge in [-0.05, 0) is 49.7 Å². The van der Waals surface area contributed by atoms with Crippen molar-refractivity contribution in [3.63, 3.8) is 0 Å². The van der Waals surface area contributed by atoms with Crippen molar-refractivity contribution < 1.29 is 22.4 Å². The highest BCUT2D eigenvalue weighted by Crippen LogP contribution is 2.23. The van der Waals surface area contributed by atoms with Gasteiger partial charge in [-0.3, -0.25) is 4.79 Å². The van der Waals surface area contributed by atoms with E-state index in [1.54, 1.807) is 25.3 Å². The molecule has 0 aliphatic rings. The number of benzene rings is 2. The molecule has 0 aliphatic heterocycles. The predicted molar refractivity (Wildman–Crippen MR) is 111 cm³/mol. The molecule has 0 radical (unpaired) electrons. The summed E-state index contributed by atoms with van der Waals surface area (Å²) < 4.78 is 37.7. The Morgan fingerprint density at radius 2 is 1.90 bits per heavy atom. The largest absolute Gasteiger partial charge is 0.464 e. The summed E-state index contributed by atoms with van der Waals surface area (Å²) in [6.07, 6.45) is 1.75. The van der Waals surface area contributed by atoms with Crippen molar-refractivity contribution >= 4 is 32.6 Å². The molecule has 0 spiro atoms. The Morgan fingerprint density at radius 3 is 2.59 bits per heavy atom. The van der Waals surface area contributed by atoms with Crippen LogP contribution in [0.3, 0.4) is 0 Å². The van der Waals surface area contributed by atoms with E-state index < -0.39 is 10.0 Å². The smallest absolute Gasteiger partial charge is 0.240 e. The number of sulfonamides is 1. The topological polar surface area (TPSA) is 97.6 Å². The summed E-state index contributed by atoms with van der Waals surface area (Å²) in [5.41, 5.74) is 3.15. The maximum absolute atomic E-state index is 12.4. The molecule has 2 aromatic carbocycles. The number of ether oxygens (including phenoxy) is 1. The first-order chi connectivity index (χ1) is 13.8. The van der Waals surface area contributed by atoms with Crippen LogP contribution in [0.1, 0.15) is 18.1 Å². The van der Waals surface area contributed by atoms with Gasteiger partial charge in [-0.25, -0.2) is 13.1 Å².